The molecule has 4 heterocycles. The van der Waals surface area contributed by atoms with E-state index in [-0.39, 0.29) is 17.9 Å². The SMILES string of the molecule is CC(C)C(=O)N1CCC(n2cc(Nc3ncc4c(Cl)cn(C)c4n3)c(Cl)n2)CC1. The summed E-state index contributed by atoms with van der Waals surface area (Å²) in [5, 5.41) is 9.37. The zero-order valence-electron chi connectivity index (χ0n) is 16.6. The summed E-state index contributed by atoms with van der Waals surface area (Å²) in [4.78, 5) is 22.9. The second-order valence-electron chi connectivity index (χ2n) is 7.67. The first-order valence-electron chi connectivity index (χ1n) is 9.61. The molecule has 4 rings (SSSR count). The Morgan fingerprint density at radius 1 is 1.24 bits per heavy atom. The molecule has 1 N–H and O–H groups in total. The van der Waals surface area contributed by atoms with Gasteiger partial charge in [-0.2, -0.15) is 10.1 Å². The number of carbonyl (C=O) groups is 1. The molecular weight excluding hydrogens is 413 g/mol. The Morgan fingerprint density at radius 2 is 1.97 bits per heavy atom. The van der Waals surface area contributed by atoms with Crippen molar-refractivity contribution in [2.75, 3.05) is 18.4 Å². The topological polar surface area (TPSA) is 80.9 Å². The third kappa shape index (κ3) is 3.91. The Kier molecular flexibility index (Phi) is 5.40. The molecule has 29 heavy (non-hydrogen) atoms. The van der Waals surface area contributed by atoms with Crippen molar-refractivity contribution in [3.05, 3.63) is 28.8 Å². The monoisotopic (exact) mass is 435 g/mol. The van der Waals surface area contributed by atoms with Crippen LogP contribution in [-0.4, -0.2) is 48.2 Å². The number of rotatable bonds is 4. The molecule has 1 saturated heterocycles. The van der Waals surface area contributed by atoms with Gasteiger partial charge in [-0.25, -0.2) is 4.98 Å². The number of amides is 1. The lowest BCUT2D eigenvalue weighted by Crippen LogP contribution is -2.41. The van der Waals surface area contributed by atoms with E-state index in [1.54, 1.807) is 12.4 Å². The summed E-state index contributed by atoms with van der Waals surface area (Å²) >= 11 is 12.5. The molecule has 0 aromatic carbocycles. The van der Waals surface area contributed by atoms with Gasteiger partial charge in [0.1, 0.15) is 5.65 Å². The summed E-state index contributed by atoms with van der Waals surface area (Å²) in [5.74, 6) is 0.657. The lowest BCUT2D eigenvalue weighted by atomic mass is 10.0. The van der Waals surface area contributed by atoms with E-state index in [1.807, 2.05) is 41.2 Å². The second-order valence-corrected chi connectivity index (χ2v) is 8.43. The maximum absolute atomic E-state index is 12.2. The van der Waals surface area contributed by atoms with Crippen LogP contribution in [0.3, 0.4) is 0 Å². The van der Waals surface area contributed by atoms with Crippen LogP contribution in [0.4, 0.5) is 11.6 Å². The summed E-state index contributed by atoms with van der Waals surface area (Å²) in [6, 6.07) is 0.203. The highest BCUT2D eigenvalue weighted by Crippen LogP contribution is 2.30. The number of nitrogens with one attached hydrogen (secondary N) is 1. The van der Waals surface area contributed by atoms with Crippen LogP contribution in [0, 0.1) is 5.92 Å². The maximum atomic E-state index is 12.2. The quantitative estimate of drug-likeness (QED) is 0.668. The van der Waals surface area contributed by atoms with Crippen molar-refractivity contribution in [1.82, 2.24) is 29.2 Å². The van der Waals surface area contributed by atoms with E-state index >= 15 is 0 Å². The number of likely N-dealkylation sites (tertiary alicyclic amines) is 1. The first-order valence-corrected chi connectivity index (χ1v) is 10.4. The third-order valence-corrected chi connectivity index (χ3v) is 5.82. The fourth-order valence-electron chi connectivity index (χ4n) is 3.65. The van der Waals surface area contributed by atoms with Gasteiger partial charge >= 0.3 is 0 Å². The molecule has 3 aromatic rings. The summed E-state index contributed by atoms with van der Waals surface area (Å²) in [5.41, 5.74) is 1.38. The fourth-order valence-corrected chi connectivity index (χ4v) is 4.11. The van der Waals surface area contributed by atoms with Crippen LogP contribution in [0.2, 0.25) is 10.2 Å². The van der Waals surface area contributed by atoms with E-state index in [2.05, 4.69) is 20.4 Å². The molecule has 10 heteroatoms. The molecule has 0 bridgehead atoms. The molecule has 3 aromatic heterocycles. The first kappa shape index (κ1) is 20.0. The van der Waals surface area contributed by atoms with Gasteiger partial charge in [0, 0.05) is 38.4 Å². The molecule has 0 atom stereocenters. The number of hydrogen-bond donors (Lipinski definition) is 1. The molecule has 0 spiro atoms. The lowest BCUT2D eigenvalue weighted by molar-refractivity contribution is -0.135. The van der Waals surface area contributed by atoms with Crippen molar-refractivity contribution in [2.24, 2.45) is 13.0 Å². The molecule has 1 aliphatic heterocycles. The van der Waals surface area contributed by atoms with Crippen molar-refractivity contribution < 1.29 is 4.79 Å². The van der Waals surface area contributed by atoms with E-state index in [0.29, 0.717) is 21.8 Å². The van der Waals surface area contributed by atoms with Crippen LogP contribution in [0.15, 0.2) is 18.6 Å². The molecule has 0 unspecified atom stereocenters. The molecule has 0 aliphatic carbocycles. The average molecular weight is 436 g/mol. The Bertz CT molecular complexity index is 1050. The van der Waals surface area contributed by atoms with Crippen molar-refractivity contribution in [3.63, 3.8) is 0 Å². The highest BCUT2D eigenvalue weighted by molar-refractivity contribution is 6.35. The van der Waals surface area contributed by atoms with E-state index in [0.717, 1.165) is 37.0 Å². The number of hydrogen-bond acceptors (Lipinski definition) is 5. The number of aryl methyl sites for hydroxylation is 1. The molecule has 0 radical (unpaired) electrons. The summed E-state index contributed by atoms with van der Waals surface area (Å²) in [6.07, 6.45) is 7.05. The molecule has 1 amide bonds. The number of nitrogens with zero attached hydrogens (tertiary/aromatic N) is 6. The molecule has 1 aliphatic rings. The standard InChI is InChI=1S/C19H23Cl2N7O/c1-11(2)18(29)27-6-4-12(5-7-27)28-10-15(16(21)25-28)23-19-22-8-13-14(20)9-26(3)17(13)24-19/h8-12H,4-7H2,1-3H3,(H,22,23,24). The van der Waals surface area contributed by atoms with Gasteiger partial charge in [-0.3, -0.25) is 9.48 Å². The Hall–Kier alpha value is -2.32. The highest BCUT2D eigenvalue weighted by atomic mass is 35.5. The number of carbonyl (C=O) groups excluding carboxylic acids is 1. The van der Waals surface area contributed by atoms with Crippen LogP contribution in [0.1, 0.15) is 32.7 Å². The predicted molar refractivity (Wildman–Crippen MR) is 114 cm³/mol. The summed E-state index contributed by atoms with van der Waals surface area (Å²) in [7, 11) is 1.88. The smallest absolute Gasteiger partial charge is 0.229 e. The van der Waals surface area contributed by atoms with Crippen LogP contribution in [0.5, 0.6) is 0 Å². The van der Waals surface area contributed by atoms with Gasteiger partial charge < -0.3 is 14.8 Å². The van der Waals surface area contributed by atoms with Gasteiger partial charge in [-0.15, -0.1) is 0 Å². The van der Waals surface area contributed by atoms with Gasteiger partial charge in [0.2, 0.25) is 11.9 Å². The normalized spacial score (nSPS) is 15.4. The third-order valence-electron chi connectivity index (χ3n) is 5.24. The minimum Gasteiger partial charge on any atom is -0.342 e. The minimum atomic E-state index is 0.0259. The molecule has 154 valence electrons. The zero-order chi connectivity index (χ0) is 20.7. The average Bonchev–Trinajstić information content (AvgIpc) is 3.20. The van der Waals surface area contributed by atoms with Gasteiger partial charge in [-0.05, 0) is 12.8 Å². The van der Waals surface area contributed by atoms with E-state index in [1.165, 1.54) is 0 Å². The Labute approximate surface area is 178 Å². The summed E-state index contributed by atoms with van der Waals surface area (Å²) < 4.78 is 3.72. The van der Waals surface area contributed by atoms with Gasteiger partial charge in [0.05, 0.1) is 28.3 Å². The number of aromatic nitrogens is 5. The largest absolute Gasteiger partial charge is 0.342 e. The van der Waals surface area contributed by atoms with Gasteiger partial charge in [-0.1, -0.05) is 37.0 Å². The Morgan fingerprint density at radius 3 is 2.66 bits per heavy atom. The Balaban J connectivity index is 1.48. The van der Waals surface area contributed by atoms with Crippen LogP contribution >= 0.6 is 23.2 Å². The van der Waals surface area contributed by atoms with E-state index in [9.17, 15) is 4.79 Å². The fraction of sp³-hybridized carbons (Fsp3) is 0.474. The van der Waals surface area contributed by atoms with E-state index < -0.39 is 0 Å². The van der Waals surface area contributed by atoms with Crippen LogP contribution < -0.4 is 5.32 Å². The number of fused-ring (bicyclic) bond motifs is 1. The van der Waals surface area contributed by atoms with Gasteiger partial charge in [0.15, 0.2) is 5.15 Å². The van der Waals surface area contributed by atoms with Crippen molar-refractivity contribution in [1.29, 1.82) is 0 Å². The van der Waals surface area contributed by atoms with Crippen LogP contribution in [-0.2, 0) is 11.8 Å². The molecular formula is C19H23Cl2N7O. The summed E-state index contributed by atoms with van der Waals surface area (Å²) in [6.45, 7) is 5.33. The van der Waals surface area contributed by atoms with Crippen molar-refractivity contribution in [2.45, 2.75) is 32.7 Å². The van der Waals surface area contributed by atoms with Gasteiger partial charge in [0.25, 0.3) is 0 Å². The van der Waals surface area contributed by atoms with Crippen molar-refractivity contribution in [3.8, 4) is 0 Å². The highest BCUT2D eigenvalue weighted by Gasteiger charge is 2.26. The van der Waals surface area contributed by atoms with Crippen molar-refractivity contribution >= 4 is 51.8 Å². The molecule has 8 nitrogen and oxygen atoms in total. The zero-order valence-corrected chi connectivity index (χ0v) is 18.1. The van der Waals surface area contributed by atoms with E-state index in [4.69, 9.17) is 23.2 Å². The molecule has 1 fully saturated rings. The maximum Gasteiger partial charge on any atom is 0.229 e. The number of halogens is 2. The number of piperidine rings is 1. The van der Waals surface area contributed by atoms with Crippen LogP contribution in [0.25, 0.3) is 11.0 Å². The lowest BCUT2D eigenvalue weighted by Gasteiger charge is -2.33. The predicted octanol–water partition coefficient (Wildman–Crippen LogP) is 4.03. The minimum absolute atomic E-state index is 0.0259. The second kappa shape index (κ2) is 7.84. The molecule has 0 saturated carbocycles. The first-order chi connectivity index (χ1) is 13.8. The number of anilines is 2.